The summed E-state index contributed by atoms with van der Waals surface area (Å²) in [6.45, 7) is 0. The number of anilines is 1. The van der Waals surface area contributed by atoms with Gasteiger partial charge >= 0.3 is 0 Å². The summed E-state index contributed by atoms with van der Waals surface area (Å²) < 4.78 is 0. The van der Waals surface area contributed by atoms with Crippen LogP contribution in [0.1, 0.15) is 11.1 Å². The van der Waals surface area contributed by atoms with Gasteiger partial charge in [-0.15, -0.1) is 0 Å². The van der Waals surface area contributed by atoms with Crippen molar-refractivity contribution in [2.24, 2.45) is 0 Å². The van der Waals surface area contributed by atoms with E-state index in [1.54, 1.807) is 12.4 Å². The molecular weight excluding hydrogens is 232 g/mol. The topological polar surface area (TPSA) is 38.9 Å². The van der Waals surface area contributed by atoms with Crippen LogP contribution in [-0.2, 0) is 0 Å². The normalized spacial score (nSPS) is 11.2. The number of fused-ring (bicyclic) bond motifs is 1. The third kappa shape index (κ3) is 2.63. The van der Waals surface area contributed by atoms with Gasteiger partial charge in [-0.1, -0.05) is 30.4 Å². The van der Waals surface area contributed by atoms with Crippen LogP contribution in [0.2, 0.25) is 0 Å². The second-order valence-corrected chi connectivity index (χ2v) is 4.48. The molecule has 0 aliphatic rings. The summed E-state index contributed by atoms with van der Waals surface area (Å²) in [5, 5.41) is 2.37. The Labute approximate surface area is 112 Å². The highest BCUT2D eigenvalue weighted by Gasteiger charge is 1.95. The predicted octanol–water partition coefficient (Wildman–Crippen LogP) is 3.99. The van der Waals surface area contributed by atoms with Gasteiger partial charge < -0.3 is 5.73 Å². The van der Waals surface area contributed by atoms with E-state index in [0.29, 0.717) is 0 Å². The number of aromatic nitrogens is 1. The Balaban J connectivity index is 1.94. The van der Waals surface area contributed by atoms with Crippen LogP contribution in [0, 0.1) is 0 Å². The van der Waals surface area contributed by atoms with E-state index >= 15 is 0 Å². The SMILES string of the molecule is Nc1ccc2cc(/C=C/c3ccncc3)ccc2c1. The zero-order valence-electron chi connectivity index (χ0n) is 10.5. The van der Waals surface area contributed by atoms with Gasteiger partial charge in [-0.3, -0.25) is 4.98 Å². The minimum absolute atomic E-state index is 0.799. The molecule has 3 aromatic rings. The molecule has 2 nitrogen and oxygen atoms in total. The molecule has 92 valence electrons. The number of pyridine rings is 1. The summed E-state index contributed by atoms with van der Waals surface area (Å²) in [6.07, 6.45) is 7.77. The zero-order valence-corrected chi connectivity index (χ0v) is 10.5. The monoisotopic (exact) mass is 246 g/mol. The van der Waals surface area contributed by atoms with Crippen LogP contribution >= 0.6 is 0 Å². The molecule has 1 aromatic heterocycles. The Morgan fingerprint density at radius 2 is 1.42 bits per heavy atom. The van der Waals surface area contributed by atoms with Gasteiger partial charge in [0.2, 0.25) is 0 Å². The van der Waals surface area contributed by atoms with E-state index < -0.39 is 0 Å². The van der Waals surface area contributed by atoms with Crippen molar-refractivity contribution in [3.05, 3.63) is 72.1 Å². The van der Waals surface area contributed by atoms with Gasteiger partial charge in [-0.25, -0.2) is 0 Å². The molecule has 0 radical (unpaired) electrons. The van der Waals surface area contributed by atoms with Crippen molar-refractivity contribution in [3.8, 4) is 0 Å². The summed E-state index contributed by atoms with van der Waals surface area (Å²) in [5.74, 6) is 0. The third-order valence-corrected chi connectivity index (χ3v) is 3.06. The fourth-order valence-electron chi connectivity index (χ4n) is 2.05. The van der Waals surface area contributed by atoms with Crippen molar-refractivity contribution in [1.29, 1.82) is 0 Å². The Hall–Kier alpha value is -2.61. The van der Waals surface area contributed by atoms with Crippen molar-refractivity contribution in [2.45, 2.75) is 0 Å². The zero-order chi connectivity index (χ0) is 13.1. The lowest BCUT2D eigenvalue weighted by molar-refractivity contribution is 1.32. The number of hydrogen-bond acceptors (Lipinski definition) is 2. The van der Waals surface area contributed by atoms with Gasteiger partial charge in [-0.05, 0) is 52.2 Å². The van der Waals surface area contributed by atoms with E-state index in [0.717, 1.165) is 11.3 Å². The maximum atomic E-state index is 5.78. The molecule has 0 unspecified atom stereocenters. The molecule has 2 N–H and O–H groups in total. The average molecular weight is 246 g/mol. The molecule has 3 rings (SSSR count). The van der Waals surface area contributed by atoms with Crippen LogP contribution in [0.25, 0.3) is 22.9 Å². The first kappa shape index (κ1) is 11.5. The number of hydrogen-bond donors (Lipinski definition) is 1. The first-order valence-electron chi connectivity index (χ1n) is 6.19. The molecule has 0 amide bonds. The lowest BCUT2D eigenvalue weighted by Crippen LogP contribution is -1.84. The summed E-state index contributed by atoms with van der Waals surface area (Å²) in [6, 6.07) is 16.3. The van der Waals surface area contributed by atoms with Crippen molar-refractivity contribution < 1.29 is 0 Å². The van der Waals surface area contributed by atoms with Crippen LogP contribution < -0.4 is 5.73 Å². The second-order valence-electron chi connectivity index (χ2n) is 4.48. The van der Waals surface area contributed by atoms with Crippen LogP contribution in [0.15, 0.2) is 60.9 Å². The molecule has 0 atom stereocenters. The number of rotatable bonds is 2. The van der Waals surface area contributed by atoms with Gasteiger partial charge in [-0.2, -0.15) is 0 Å². The maximum Gasteiger partial charge on any atom is 0.0320 e. The van der Waals surface area contributed by atoms with Gasteiger partial charge in [0.1, 0.15) is 0 Å². The Morgan fingerprint density at radius 1 is 0.737 bits per heavy atom. The van der Waals surface area contributed by atoms with Crippen molar-refractivity contribution in [3.63, 3.8) is 0 Å². The van der Waals surface area contributed by atoms with E-state index in [2.05, 4.69) is 41.4 Å². The van der Waals surface area contributed by atoms with E-state index in [4.69, 9.17) is 5.73 Å². The second kappa shape index (κ2) is 4.94. The van der Waals surface area contributed by atoms with Crippen LogP contribution in [0.5, 0.6) is 0 Å². The summed E-state index contributed by atoms with van der Waals surface area (Å²) in [4.78, 5) is 4.00. The van der Waals surface area contributed by atoms with E-state index in [1.807, 2.05) is 24.3 Å². The first-order valence-corrected chi connectivity index (χ1v) is 6.19. The number of nitrogens with two attached hydrogens (primary N) is 1. The summed E-state index contributed by atoms with van der Waals surface area (Å²) in [5.41, 5.74) is 8.90. The molecule has 2 aromatic carbocycles. The van der Waals surface area contributed by atoms with Crippen LogP contribution in [0.4, 0.5) is 5.69 Å². The molecule has 1 heterocycles. The molecular formula is C17H14N2. The Morgan fingerprint density at radius 3 is 2.26 bits per heavy atom. The minimum Gasteiger partial charge on any atom is -0.399 e. The lowest BCUT2D eigenvalue weighted by atomic mass is 10.1. The quantitative estimate of drug-likeness (QED) is 0.694. The highest BCUT2D eigenvalue weighted by atomic mass is 14.6. The van der Waals surface area contributed by atoms with E-state index in [-0.39, 0.29) is 0 Å². The lowest BCUT2D eigenvalue weighted by Gasteiger charge is -2.01. The summed E-state index contributed by atoms with van der Waals surface area (Å²) >= 11 is 0. The highest BCUT2D eigenvalue weighted by Crippen LogP contribution is 2.20. The van der Waals surface area contributed by atoms with E-state index in [1.165, 1.54) is 16.3 Å². The molecule has 0 saturated heterocycles. The number of benzene rings is 2. The number of nitrogen functional groups attached to an aromatic ring is 1. The molecule has 0 aliphatic heterocycles. The Kier molecular flexibility index (Phi) is 2.99. The van der Waals surface area contributed by atoms with Gasteiger partial charge in [0.05, 0.1) is 0 Å². The van der Waals surface area contributed by atoms with Crippen molar-refractivity contribution in [1.82, 2.24) is 4.98 Å². The Bertz CT molecular complexity index is 731. The van der Waals surface area contributed by atoms with Gasteiger partial charge in [0.25, 0.3) is 0 Å². The minimum atomic E-state index is 0.799. The fraction of sp³-hybridized carbons (Fsp3) is 0. The fourth-order valence-corrected chi connectivity index (χ4v) is 2.05. The van der Waals surface area contributed by atoms with Crippen molar-refractivity contribution in [2.75, 3.05) is 5.73 Å². The third-order valence-electron chi connectivity index (χ3n) is 3.06. The van der Waals surface area contributed by atoms with Gasteiger partial charge in [0, 0.05) is 18.1 Å². The standard InChI is InChI=1S/C17H14N2/c18-17-6-5-15-11-14(3-4-16(15)12-17)2-1-13-7-9-19-10-8-13/h1-12H,18H2/b2-1+. The average Bonchev–Trinajstić information content (AvgIpc) is 2.46. The molecule has 19 heavy (non-hydrogen) atoms. The molecule has 0 saturated carbocycles. The van der Waals surface area contributed by atoms with Gasteiger partial charge in [0.15, 0.2) is 0 Å². The highest BCUT2D eigenvalue weighted by molar-refractivity contribution is 5.88. The molecule has 0 spiro atoms. The molecule has 0 fully saturated rings. The summed E-state index contributed by atoms with van der Waals surface area (Å²) in [7, 11) is 0. The largest absolute Gasteiger partial charge is 0.399 e. The van der Waals surface area contributed by atoms with Crippen LogP contribution in [0.3, 0.4) is 0 Å². The maximum absolute atomic E-state index is 5.78. The number of nitrogens with zero attached hydrogens (tertiary/aromatic N) is 1. The smallest absolute Gasteiger partial charge is 0.0320 e. The first-order chi connectivity index (χ1) is 9.31. The van der Waals surface area contributed by atoms with E-state index in [9.17, 15) is 0 Å². The molecule has 0 bridgehead atoms. The van der Waals surface area contributed by atoms with Crippen LogP contribution in [-0.4, -0.2) is 4.98 Å². The molecule has 0 aliphatic carbocycles. The van der Waals surface area contributed by atoms with Crippen molar-refractivity contribution >= 4 is 28.6 Å². The molecule has 2 heteroatoms. The predicted molar refractivity (Wildman–Crippen MR) is 81.5 cm³/mol.